The molecule has 0 N–H and O–H groups in total. The van der Waals surface area contributed by atoms with E-state index in [0.717, 1.165) is 23.3 Å². The van der Waals surface area contributed by atoms with Crippen LogP contribution in [0.25, 0.3) is 0 Å². The summed E-state index contributed by atoms with van der Waals surface area (Å²) in [4.78, 5) is 27.1. The molecule has 1 aliphatic rings. The van der Waals surface area contributed by atoms with Crippen LogP contribution < -0.4 is 0 Å². The number of ketones is 1. The Kier molecular flexibility index (Phi) is 6.01. The van der Waals surface area contributed by atoms with E-state index in [2.05, 4.69) is 6.58 Å². The summed E-state index contributed by atoms with van der Waals surface area (Å²) in [5, 5.41) is 0. The average molecular weight is 409 g/mol. The molecular weight excluding hydrogens is 384 g/mol. The summed E-state index contributed by atoms with van der Waals surface area (Å²) >= 11 is 0. The lowest BCUT2D eigenvalue weighted by Crippen LogP contribution is -2.37. The van der Waals surface area contributed by atoms with Gasteiger partial charge in [-0.05, 0) is 60.1 Å². The summed E-state index contributed by atoms with van der Waals surface area (Å²) in [6.45, 7) is 10.0. The van der Waals surface area contributed by atoms with Gasteiger partial charge in [0.25, 0.3) is 5.91 Å². The van der Waals surface area contributed by atoms with Gasteiger partial charge in [0.1, 0.15) is 0 Å². The third-order valence-corrected chi connectivity index (χ3v) is 5.75. The second-order valence-corrected chi connectivity index (χ2v) is 8.39. The van der Waals surface area contributed by atoms with E-state index in [1.54, 1.807) is 0 Å². The van der Waals surface area contributed by atoms with Crippen molar-refractivity contribution in [2.24, 2.45) is 5.41 Å². The molecule has 0 fully saturated rings. The first kappa shape index (κ1) is 21.6. The average Bonchev–Trinajstić information content (AvgIpc) is 2.85. The fraction of sp³-hybridized carbons (Fsp3) is 0.280. The Morgan fingerprint density at radius 1 is 1.13 bits per heavy atom. The van der Waals surface area contributed by atoms with Gasteiger partial charge >= 0.3 is 0 Å². The van der Waals surface area contributed by atoms with Crippen molar-refractivity contribution < 1.29 is 18.4 Å². The van der Waals surface area contributed by atoms with E-state index in [1.807, 2.05) is 45.0 Å². The zero-order chi connectivity index (χ0) is 22.1. The Labute approximate surface area is 175 Å². The molecule has 3 nitrogen and oxygen atoms in total. The van der Waals surface area contributed by atoms with Crippen LogP contribution in [-0.4, -0.2) is 23.1 Å². The largest absolute Gasteiger partial charge is 0.314 e. The normalized spacial score (nSPS) is 18.4. The maximum absolute atomic E-state index is 13.7. The van der Waals surface area contributed by atoms with Gasteiger partial charge in [0, 0.05) is 23.9 Å². The van der Waals surface area contributed by atoms with Gasteiger partial charge in [0.05, 0.1) is 0 Å². The summed E-state index contributed by atoms with van der Waals surface area (Å²) in [7, 11) is 0. The molecule has 1 unspecified atom stereocenters. The maximum Gasteiger partial charge on any atom is 0.257 e. The van der Waals surface area contributed by atoms with Gasteiger partial charge in [-0.15, -0.1) is 0 Å². The van der Waals surface area contributed by atoms with Crippen LogP contribution in [0.3, 0.4) is 0 Å². The second-order valence-electron chi connectivity index (χ2n) is 8.39. The molecule has 0 aromatic heterocycles. The van der Waals surface area contributed by atoms with Crippen molar-refractivity contribution in [3.63, 3.8) is 0 Å². The fourth-order valence-electron chi connectivity index (χ4n) is 4.06. The number of halogens is 2. The van der Waals surface area contributed by atoms with Crippen molar-refractivity contribution in [3.8, 4) is 0 Å². The third-order valence-electron chi connectivity index (χ3n) is 5.75. The number of carbonyl (C=O) groups excluding carboxylic acids is 2. The molecular formula is C25H25F2NO2. The van der Waals surface area contributed by atoms with E-state index < -0.39 is 17.5 Å². The quantitative estimate of drug-likeness (QED) is 0.619. The predicted molar refractivity (Wildman–Crippen MR) is 113 cm³/mol. The Hall–Kier alpha value is -3.08. The van der Waals surface area contributed by atoms with Crippen LogP contribution >= 0.6 is 0 Å². The summed E-state index contributed by atoms with van der Waals surface area (Å²) in [6.07, 6.45) is 3.22. The molecule has 30 heavy (non-hydrogen) atoms. The first-order chi connectivity index (χ1) is 14.1. The van der Waals surface area contributed by atoms with Crippen molar-refractivity contribution in [3.05, 3.63) is 95.2 Å². The topological polar surface area (TPSA) is 37.4 Å². The molecule has 0 spiro atoms. The molecule has 0 saturated heterocycles. The molecule has 2 aromatic carbocycles. The van der Waals surface area contributed by atoms with Crippen LogP contribution in [0.4, 0.5) is 8.78 Å². The zero-order valence-corrected chi connectivity index (χ0v) is 17.4. The van der Waals surface area contributed by atoms with Gasteiger partial charge in [-0.25, -0.2) is 8.78 Å². The van der Waals surface area contributed by atoms with Crippen LogP contribution in [0.15, 0.2) is 66.9 Å². The SMILES string of the molecule is C=CC(=O)C1=CN(C(=O)c2ccc(F)c(F)c2)CC(C)(C)C(c2ccccc2C)C1. The maximum atomic E-state index is 13.7. The van der Waals surface area contributed by atoms with Crippen LogP contribution in [0, 0.1) is 24.0 Å². The number of rotatable bonds is 4. The van der Waals surface area contributed by atoms with E-state index in [1.165, 1.54) is 23.2 Å². The van der Waals surface area contributed by atoms with Crippen molar-refractivity contribution in [2.45, 2.75) is 33.1 Å². The number of amides is 1. The van der Waals surface area contributed by atoms with Gasteiger partial charge < -0.3 is 4.90 Å². The highest BCUT2D eigenvalue weighted by Gasteiger charge is 2.38. The fourth-order valence-corrected chi connectivity index (χ4v) is 4.06. The summed E-state index contributed by atoms with van der Waals surface area (Å²) in [6, 6.07) is 11.1. The smallest absolute Gasteiger partial charge is 0.257 e. The second kappa shape index (κ2) is 8.34. The van der Waals surface area contributed by atoms with Crippen LogP contribution in [0.2, 0.25) is 0 Å². The minimum Gasteiger partial charge on any atom is -0.314 e. The Balaban J connectivity index is 2.06. The van der Waals surface area contributed by atoms with Crippen LogP contribution in [0.1, 0.15) is 47.7 Å². The summed E-state index contributed by atoms with van der Waals surface area (Å²) in [5.74, 6) is -2.85. The van der Waals surface area contributed by atoms with Crippen molar-refractivity contribution >= 4 is 11.7 Å². The number of hydrogen-bond donors (Lipinski definition) is 0. The van der Waals surface area contributed by atoms with E-state index in [-0.39, 0.29) is 22.7 Å². The predicted octanol–water partition coefficient (Wildman–Crippen LogP) is 5.57. The van der Waals surface area contributed by atoms with Gasteiger partial charge in [0.2, 0.25) is 0 Å². The molecule has 0 saturated carbocycles. The lowest BCUT2D eigenvalue weighted by Gasteiger charge is -2.36. The van der Waals surface area contributed by atoms with Crippen molar-refractivity contribution in [1.82, 2.24) is 4.90 Å². The Morgan fingerprint density at radius 3 is 2.47 bits per heavy atom. The standard InChI is InChI=1S/C25H25F2NO2/c1-5-23(29)18-12-20(19-9-7-6-8-16(19)2)25(3,4)15-28(14-18)24(30)17-10-11-21(26)22(27)13-17/h5-11,13-14,20H,1,12,15H2,2-4H3. The Bertz CT molecular complexity index is 1040. The highest BCUT2D eigenvalue weighted by atomic mass is 19.2. The van der Waals surface area contributed by atoms with Gasteiger partial charge in [-0.2, -0.15) is 0 Å². The molecule has 1 aliphatic heterocycles. The van der Waals surface area contributed by atoms with Gasteiger partial charge in [0.15, 0.2) is 17.4 Å². The summed E-state index contributed by atoms with van der Waals surface area (Å²) < 4.78 is 27.0. The number of allylic oxidation sites excluding steroid dienone is 2. The molecule has 0 bridgehead atoms. The first-order valence-electron chi connectivity index (χ1n) is 9.83. The third kappa shape index (κ3) is 4.25. The molecule has 156 valence electrons. The van der Waals surface area contributed by atoms with Crippen molar-refractivity contribution in [2.75, 3.05) is 6.54 Å². The highest BCUT2D eigenvalue weighted by molar-refractivity contribution is 6.04. The van der Waals surface area contributed by atoms with E-state index in [9.17, 15) is 18.4 Å². The zero-order valence-electron chi connectivity index (χ0n) is 17.4. The number of nitrogens with zero attached hydrogens (tertiary/aromatic N) is 1. The molecule has 1 amide bonds. The summed E-state index contributed by atoms with van der Waals surface area (Å²) in [5.41, 5.74) is 2.33. The molecule has 0 aliphatic carbocycles. The lowest BCUT2D eigenvalue weighted by atomic mass is 9.71. The number of benzene rings is 2. The van der Waals surface area contributed by atoms with E-state index in [0.29, 0.717) is 18.5 Å². The molecule has 2 aromatic rings. The van der Waals surface area contributed by atoms with Gasteiger partial charge in [-0.1, -0.05) is 44.7 Å². The minimum atomic E-state index is -1.08. The number of carbonyl (C=O) groups is 2. The molecule has 1 heterocycles. The lowest BCUT2D eigenvalue weighted by molar-refractivity contribution is -0.111. The van der Waals surface area contributed by atoms with E-state index in [4.69, 9.17) is 0 Å². The highest BCUT2D eigenvalue weighted by Crippen LogP contribution is 2.44. The molecule has 0 radical (unpaired) electrons. The number of hydrogen-bond acceptors (Lipinski definition) is 2. The Morgan fingerprint density at radius 2 is 1.83 bits per heavy atom. The van der Waals surface area contributed by atoms with Gasteiger partial charge in [-0.3, -0.25) is 9.59 Å². The number of aryl methyl sites for hydroxylation is 1. The minimum absolute atomic E-state index is 0.0170. The van der Waals surface area contributed by atoms with Crippen LogP contribution in [-0.2, 0) is 4.79 Å². The van der Waals surface area contributed by atoms with Crippen molar-refractivity contribution in [1.29, 1.82) is 0 Å². The monoisotopic (exact) mass is 409 g/mol. The van der Waals surface area contributed by atoms with E-state index >= 15 is 0 Å². The first-order valence-corrected chi connectivity index (χ1v) is 9.83. The van der Waals surface area contributed by atoms with Crippen LogP contribution in [0.5, 0.6) is 0 Å². The molecule has 3 rings (SSSR count). The molecule has 1 atom stereocenters. The molecule has 5 heteroatoms.